The first-order valence-electron chi connectivity index (χ1n) is 9.73. The highest BCUT2D eigenvalue weighted by atomic mass is 35.5. The van der Waals surface area contributed by atoms with Crippen LogP contribution in [0.15, 0.2) is 66.7 Å². The fourth-order valence-electron chi connectivity index (χ4n) is 3.44. The highest BCUT2D eigenvalue weighted by Crippen LogP contribution is 2.28. The molecule has 3 amide bonds. The Hall–Kier alpha value is -3.68. The second kappa shape index (κ2) is 9.05. The van der Waals surface area contributed by atoms with Gasteiger partial charge in [0.1, 0.15) is 12.3 Å². The van der Waals surface area contributed by atoms with E-state index in [-0.39, 0.29) is 27.3 Å². The Morgan fingerprint density at radius 2 is 1.52 bits per heavy atom. The van der Waals surface area contributed by atoms with Crippen molar-refractivity contribution in [1.29, 1.82) is 0 Å². The van der Waals surface area contributed by atoms with Crippen molar-refractivity contribution in [3.8, 4) is 5.75 Å². The molecule has 0 radical (unpaired) electrons. The number of methoxy groups -OCH3 is 1. The van der Waals surface area contributed by atoms with Gasteiger partial charge in [-0.2, -0.15) is 5.01 Å². The minimum Gasteiger partial charge on any atom is -0.497 e. The number of rotatable bonds is 6. The average molecular weight is 483 g/mol. The van der Waals surface area contributed by atoms with E-state index in [1.165, 1.54) is 49.6 Å². The molecular weight excluding hydrogens is 467 g/mol. The fourth-order valence-corrected chi connectivity index (χ4v) is 3.92. The number of hydrazine groups is 1. The molecule has 1 heterocycles. The quantitative estimate of drug-likeness (QED) is 0.380. The van der Waals surface area contributed by atoms with Crippen LogP contribution in [0.2, 0.25) is 10.0 Å². The Bertz CT molecular complexity index is 1260. The van der Waals surface area contributed by atoms with Gasteiger partial charge in [0.2, 0.25) is 0 Å². The summed E-state index contributed by atoms with van der Waals surface area (Å²) in [5.74, 6) is -2.17. The summed E-state index contributed by atoms with van der Waals surface area (Å²) in [6.45, 7) is -0.574. The van der Waals surface area contributed by atoms with E-state index < -0.39 is 30.0 Å². The van der Waals surface area contributed by atoms with Crippen molar-refractivity contribution < 1.29 is 23.9 Å². The molecule has 0 saturated heterocycles. The van der Waals surface area contributed by atoms with Gasteiger partial charge < -0.3 is 4.74 Å². The van der Waals surface area contributed by atoms with Crippen LogP contribution in [0.5, 0.6) is 5.75 Å². The molecule has 4 rings (SSSR count). The summed E-state index contributed by atoms with van der Waals surface area (Å²) in [4.78, 5) is 52.6. The second-order valence-electron chi connectivity index (χ2n) is 7.11. The minimum atomic E-state index is -0.798. The summed E-state index contributed by atoms with van der Waals surface area (Å²) < 4.78 is 5.10. The Balaban J connectivity index is 1.74. The van der Waals surface area contributed by atoms with E-state index in [2.05, 4.69) is 0 Å². The van der Waals surface area contributed by atoms with E-state index in [0.29, 0.717) is 15.8 Å². The minimum absolute atomic E-state index is 0.0137. The Kier molecular flexibility index (Phi) is 6.18. The molecule has 0 unspecified atom stereocenters. The fraction of sp³-hybridized carbons (Fsp3) is 0.0833. The van der Waals surface area contributed by atoms with Crippen LogP contribution in [0.25, 0.3) is 0 Å². The number of ether oxygens (including phenoxy) is 1. The van der Waals surface area contributed by atoms with Crippen molar-refractivity contribution in [2.75, 3.05) is 13.7 Å². The molecule has 0 aromatic heterocycles. The number of hydrogen-bond donors (Lipinski definition) is 0. The number of fused-ring (bicyclic) bond motifs is 1. The second-order valence-corrected chi connectivity index (χ2v) is 7.95. The number of imide groups is 1. The first-order chi connectivity index (χ1) is 15.8. The molecule has 0 N–H and O–H groups in total. The summed E-state index contributed by atoms with van der Waals surface area (Å²) in [6.07, 6.45) is 0. The number of amides is 3. The molecule has 0 aliphatic carbocycles. The van der Waals surface area contributed by atoms with Crippen molar-refractivity contribution >= 4 is 46.7 Å². The van der Waals surface area contributed by atoms with Gasteiger partial charge in [-0.1, -0.05) is 35.3 Å². The maximum absolute atomic E-state index is 13.5. The predicted molar refractivity (Wildman–Crippen MR) is 122 cm³/mol. The molecule has 166 valence electrons. The maximum Gasteiger partial charge on any atom is 0.280 e. The number of carbonyl (C=O) groups excluding carboxylic acids is 4. The lowest BCUT2D eigenvalue weighted by atomic mass is 10.1. The number of Topliss-reactive ketones (excluding diaryl/α,β-unsaturated/α-hetero) is 1. The Labute approximate surface area is 199 Å². The van der Waals surface area contributed by atoms with Gasteiger partial charge in [0.25, 0.3) is 17.7 Å². The topological polar surface area (TPSA) is 84.0 Å². The first-order valence-corrected chi connectivity index (χ1v) is 10.5. The first kappa shape index (κ1) is 22.5. The molecule has 0 fully saturated rings. The van der Waals surface area contributed by atoms with E-state index >= 15 is 0 Å². The van der Waals surface area contributed by atoms with Crippen LogP contribution < -0.4 is 4.74 Å². The standard InChI is InChI=1S/C24H16Cl2N2O5/c1-33-16-9-6-14(7-10-16)21(29)13-27(22(30)19-11-8-15(25)12-20(19)26)28-23(31)17-4-2-3-5-18(17)24(28)32/h2-12H,13H2,1H3. The zero-order valence-corrected chi connectivity index (χ0v) is 18.8. The van der Waals surface area contributed by atoms with Gasteiger partial charge >= 0.3 is 0 Å². The summed E-state index contributed by atoms with van der Waals surface area (Å²) in [6, 6.07) is 16.6. The predicted octanol–water partition coefficient (Wildman–Crippen LogP) is 4.54. The molecule has 0 atom stereocenters. The lowest BCUT2D eigenvalue weighted by Crippen LogP contribution is -2.51. The molecular formula is C24H16Cl2N2O5. The lowest BCUT2D eigenvalue weighted by Gasteiger charge is -2.29. The highest BCUT2D eigenvalue weighted by Gasteiger charge is 2.42. The molecule has 9 heteroatoms. The third-order valence-electron chi connectivity index (χ3n) is 5.12. The van der Waals surface area contributed by atoms with E-state index in [1.54, 1.807) is 24.3 Å². The third kappa shape index (κ3) is 4.20. The molecule has 1 aliphatic rings. The molecule has 1 aliphatic heterocycles. The molecule has 0 saturated carbocycles. The molecule has 0 spiro atoms. The number of halogens is 2. The average Bonchev–Trinajstić information content (AvgIpc) is 3.07. The Morgan fingerprint density at radius 1 is 0.909 bits per heavy atom. The van der Waals surface area contributed by atoms with Crippen molar-refractivity contribution in [3.05, 3.63) is 99.0 Å². The smallest absolute Gasteiger partial charge is 0.280 e. The largest absolute Gasteiger partial charge is 0.497 e. The van der Waals surface area contributed by atoms with Crippen LogP contribution in [-0.2, 0) is 0 Å². The van der Waals surface area contributed by atoms with E-state index in [9.17, 15) is 19.2 Å². The van der Waals surface area contributed by atoms with Gasteiger partial charge in [-0.25, -0.2) is 5.01 Å². The summed E-state index contributed by atoms with van der Waals surface area (Å²) in [7, 11) is 1.50. The number of hydrogen-bond acceptors (Lipinski definition) is 5. The van der Waals surface area contributed by atoms with Gasteiger partial charge in [0, 0.05) is 10.6 Å². The molecule has 0 bridgehead atoms. The molecule has 7 nitrogen and oxygen atoms in total. The van der Waals surface area contributed by atoms with Gasteiger partial charge in [-0.15, -0.1) is 0 Å². The number of carbonyl (C=O) groups is 4. The van der Waals surface area contributed by atoms with Crippen molar-refractivity contribution in [2.24, 2.45) is 0 Å². The number of nitrogens with zero attached hydrogens (tertiary/aromatic N) is 2. The van der Waals surface area contributed by atoms with Crippen LogP contribution in [-0.4, -0.2) is 47.2 Å². The van der Waals surface area contributed by atoms with E-state index in [0.717, 1.165) is 5.01 Å². The molecule has 3 aromatic carbocycles. The van der Waals surface area contributed by atoms with Crippen LogP contribution in [0, 0.1) is 0 Å². The van der Waals surface area contributed by atoms with Crippen LogP contribution in [0.1, 0.15) is 41.4 Å². The zero-order chi connectivity index (χ0) is 23.7. The van der Waals surface area contributed by atoms with Crippen LogP contribution in [0.4, 0.5) is 0 Å². The molecule has 3 aromatic rings. The van der Waals surface area contributed by atoms with E-state index in [1.807, 2.05) is 0 Å². The molecule has 33 heavy (non-hydrogen) atoms. The number of ketones is 1. The van der Waals surface area contributed by atoms with Crippen molar-refractivity contribution in [3.63, 3.8) is 0 Å². The Morgan fingerprint density at radius 3 is 2.06 bits per heavy atom. The van der Waals surface area contributed by atoms with Crippen molar-refractivity contribution in [1.82, 2.24) is 10.0 Å². The lowest BCUT2D eigenvalue weighted by molar-refractivity contribution is 0.00532. The van der Waals surface area contributed by atoms with Gasteiger partial charge in [-0.05, 0) is 54.6 Å². The summed E-state index contributed by atoms with van der Waals surface area (Å²) >= 11 is 12.1. The third-order valence-corrected chi connectivity index (χ3v) is 5.66. The van der Waals surface area contributed by atoms with Crippen LogP contribution in [0.3, 0.4) is 0 Å². The van der Waals surface area contributed by atoms with Gasteiger partial charge in [0.05, 0.1) is 28.8 Å². The van der Waals surface area contributed by atoms with Crippen LogP contribution >= 0.6 is 23.2 Å². The van der Waals surface area contributed by atoms with E-state index in [4.69, 9.17) is 27.9 Å². The zero-order valence-electron chi connectivity index (χ0n) is 17.2. The van der Waals surface area contributed by atoms with Crippen molar-refractivity contribution in [2.45, 2.75) is 0 Å². The van der Waals surface area contributed by atoms with Gasteiger partial charge in [0.15, 0.2) is 5.78 Å². The van der Waals surface area contributed by atoms with Gasteiger partial charge in [-0.3, -0.25) is 19.2 Å². The monoisotopic (exact) mass is 482 g/mol. The SMILES string of the molecule is COc1ccc(C(=O)CN(C(=O)c2ccc(Cl)cc2Cl)N2C(=O)c3ccccc3C2=O)cc1. The normalized spacial score (nSPS) is 12.5. The summed E-state index contributed by atoms with van der Waals surface area (Å²) in [5, 5.41) is 1.82. The number of benzene rings is 3. The highest BCUT2D eigenvalue weighted by molar-refractivity contribution is 6.37. The maximum atomic E-state index is 13.5. The summed E-state index contributed by atoms with van der Waals surface area (Å²) in [5.41, 5.74) is 0.534.